The summed E-state index contributed by atoms with van der Waals surface area (Å²) in [5.41, 5.74) is 0.682. The van der Waals surface area contributed by atoms with Crippen molar-refractivity contribution in [1.82, 2.24) is 5.06 Å². The molecule has 4 nitrogen and oxygen atoms in total. The SMILES string of the molecule is CC(C)(C)C(=O)ON1CCCC(OCc2ccc3ccccc3c2)C1. The molecular formula is C21H27NO3. The third kappa shape index (κ3) is 4.80. The lowest BCUT2D eigenvalue weighted by atomic mass is 9.98. The van der Waals surface area contributed by atoms with Gasteiger partial charge in [-0.15, -0.1) is 5.06 Å². The third-order valence-corrected chi connectivity index (χ3v) is 4.46. The minimum absolute atomic E-state index is 0.0907. The Balaban J connectivity index is 1.54. The number of carbonyl (C=O) groups excluding carboxylic acids is 1. The summed E-state index contributed by atoms with van der Waals surface area (Å²) in [4.78, 5) is 17.5. The van der Waals surface area contributed by atoms with Crippen molar-refractivity contribution in [2.45, 2.75) is 46.3 Å². The number of hydrogen-bond acceptors (Lipinski definition) is 4. The molecule has 134 valence electrons. The Kier molecular flexibility index (Phi) is 5.40. The van der Waals surface area contributed by atoms with Crippen LogP contribution in [0, 0.1) is 5.41 Å². The normalized spacial score (nSPS) is 19.1. The molecule has 3 rings (SSSR count). The standard InChI is InChI=1S/C21H27NO3/c1-21(2,3)20(23)25-22-12-6-9-19(14-22)24-15-16-10-11-17-7-4-5-8-18(17)13-16/h4-5,7-8,10-11,13,19H,6,9,12,14-15H2,1-3H3. The van der Waals surface area contributed by atoms with Gasteiger partial charge < -0.3 is 9.57 Å². The van der Waals surface area contributed by atoms with E-state index in [4.69, 9.17) is 9.57 Å². The van der Waals surface area contributed by atoms with Gasteiger partial charge in [-0.05, 0) is 56.0 Å². The maximum atomic E-state index is 12.0. The lowest BCUT2D eigenvalue weighted by Gasteiger charge is -2.32. The molecular weight excluding hydrogens is 314 g/mol. The number of benzene rings is 2. The van der Waals surface area contributed by atoms with E-state index in [-0.39, 0.29) is 12.1 Å². The van der Waals surface area contributed by atoms with Gasteiger partial charge in [-0.1, -0.05) is 36.4 Å². The summed E-state index contributed by atoms with van der Waals surface area (Å²) in [6.07, 6.45) is 2.06. The van der Waals surface area contributed by atoms with E-state index in [2.05, 4.69) is 36.4 Å². The van der Waals surface area contributed by atoms with E-state index < -0.39 is 5.41 Å². The average Bonchev–Trinajstić information content (AvgIpc) is 2.59. The van der Waals surface area contributed by atoms with Gasteiger partial charge in [-0.2, -0.15) is 0 Å². The van der Waals surface area contributed by atoms with Gasteiger partial charge in [0.15, 0.2) is 0 Å². The molecule has 0 N–H and O–H groups in total. The van der Waals surface area contributed by atoms with Crippen molar-refractivity contribution in [3.8, 4) is 0 Å². The summed E-state index contributed by atoms with van der Waals surface area (Å²) >= 11 is 0. The predicted molar refractivity (Wildman–Crippen MR) is 98.9 cm³/mol. The first-order valence-corrected chi connectivity index (χ1v) is 8.98. The largest absolute Gasteiger partial charge is 0.372 e. The van der Waals surface area contributed by atoms with Gasteiger partial charge in [0.2, 0.25) is 0 Å². The van der Waals surface area contributed by atoms with Crippen LogP contribution in [0.5, 0.6) is 0 Å². The van der Waals surface area contributed by atoms with E-state index in [0.717, 1.165) is 19.4 Å². The van der Waals surface area contributed by atoms with E-state index in [1.807, 2.05) is 26.8 Å². The molecule has 1 aliphatic heterocycles. The number of piperidine rings is 1. The quantitative estimate of drug-likeness (QED) is 0.830. The van der Waals surface area contributed by atoms with Crippen LogP contribution in [0.1, 0.15) is 39.2 Å². The van der Waals surface area contributed by atoms with Crippen molar-refractivity contribution >= 4 is 16.7 Å². The zero-order valence-electron chi connectivity index (χ0n) is 15.3. The molecule has 0 aromatic heterocycles. The zero-order valence-corrected chi connectivity index (χ0v) is 15.3. The molecule has 0 aliphatic carbocycles. The Bertz CT molecular complexity index is 735. The van der Waals surface area contributed by atoms with E-state index in [9.17, 15) is 4.79 Å². The molecule has 1 saturated heterocycles. The summed E-state index contributed by atoms with van der Waals surface area (Å²) in [5, 5.41) is 4.22. The molecule has 0 radical (unpaired) electrons. The first-order chi connectivity index (χ1) is 11.9. The molecule has 0 amide bonds. The van der Waals surface area contributed by atoms with Crippen molar-refractivity contribution in [3.63, 3.8) is 0 Å². The van der Waals surface area contributed by atoms with Crippen LogP contribution in [0.3, 0.4) is 0 Å². The van der Waals surface area contributed by atoms with E-state index in [1.54, 1.807) is 5.06 Å². The van der Waals surface area contributed by atoms with E-state index in [1.165, 1.54) is 16.3 Å². The topological polar surface area (TPSA) is 38.8 Å². The lowest BCUT2D eigenvalue weighted by Crippen LogP contribution is -2.42. The van der Waals surface area contributed by atoms with Crippen LogP contribution in [0.15, 0.2) is 42.5 Å². The summed E-state index contributed by atoms with van der Waals surface area (Å²) in [7, 11) is 0. The van der Waals surface area contributed by atoms with Gasteiger partial charge in [0, 0.05) is 6.54 Å². The maximum absolute atomic E-state index is 12.0. The number of hydroxylamine groups is 2. The highest BCUT2D eigenvalue weighted by Gasteiger charge is 2.29. The van der Waals surface area contributed by atoms with Crippen molar-refractivity contribution in [2.75, 3.05) is 13.1 Å². The summed E-state index contributed by atoms with van der Waals surface area (Å²) < 4.78 is 6.08. The van der Waals surface area contributed by atoms with Gasteiger partial charge in [0.25, 0.3) is 0 Å². The number of carbonyl (C=O) groups is 1. The second kappa shape index (κ2) is 7.54. The molecule has 4 heteroatoms. The highest BCUT2D eigenvalue weighted by molar-refractivity contribution is 5.82. The highest BCUT2D eigenvalue weighted by Crippen LogP contribution is 2.21. The van der Waals surface area contributed by atoms with Crippen molar-refractivity contribution in [1.29, 1.82) is 0 Å². The van der Waals surface area contributed by atoms with Crippen LogP contribution in [-0.4, -0.2) is 30.2 Å². The molecule has 25 heavy (non-hydrogen) atoms. The van der Waals surface area contributed by atoms with Crippen LogP contribution >= 0.6 is 0 Å². The first kappa shape index (κ1) is 17.9. The molecule has 1 fully saturated rings. The minimum Gasteiger partial charge on any atom is -0.372 e. The van der Waals surface area contributed by atoms with Gasteiger partial charge >= 0.3 is 5.97 Å². The number of nitrogens with zero attached hydrogens (tertiary/aromatic N) is 1. The first-order valence-electron chi connectivity index (χ1n) is 8.98. The lowest BCUT2D eigenvalue weighted by molar-refractivity contribution is -0.214. The summed E-state index contributed by atoms with van der Waals surface area (Å²) in [6, 6.07) is 14.8. The second-order valence-electron chi connectivity index (χ2n) is 7.77. The molecule has 1 unspecified atom stereocenters. The van der Waals surface area contributed by atoms with Crippen LogP contribution in [0.25, 0.3) is 10.8 Å². The Morgan fingerprint density at radius 1 is 1.16 bits per heavy atom. The Morgan fingerprint density at radius 2 is 1.92 bits per heavy atom. The van der Waals surface area contributed by atoms with Crippen molar-refractivity contribution < 1.29 is 14.4 Å². The van der Waals surface area contributed by atoms with Crippen LogP contribution in [-0.2, 0) is 21.0 Å². The van der Waals surface area contributed by atoms with E-state index >= 15 is 0 Å². The minimum atomic E-state index is -0.487. The smallest absolute Gasteiger partial charge is 0.330 e. The number of fused-ring (bicyclic) bond motifs is 1. The Labute approximate surface area is 149 Å². The fraction of sp³-hybridized carbons (Fsp3) is 0.476. The molecule has 2 aromatic rings. The second-order valence-corrected chi connectivity index (χ2v) is 7.77. The molecule has 0 bridgehead atoms. The van der Waals surface area contributed by atoms with Crippen LogP contribution in [0.4, 0.5) is 0 Å². The highest BCUT2D eigenvalue weighted by atomic mass is 16.7. The van der Waals surface area contributed by atoms with Crippen LogP contribution in [0.2, 0.25) is 0 Å². The predicted octanol–water partition coefficient (Wildman–Crippen LogP) is 4.33. The molecule has 1 aliphatic rings. The number of ether oxygens (including phenoxy) is 1. The molecule has 0 saturated carbocycles. The van der Waals surface area contributed by atoms with Gasteiger partial charge in [0.05, 0.1) is 24.7 Å². The third-order valence-electron chi connectivity index (χ3n) is 4.46. The van der Waals surface area contributed by atoms with Crippen molar-refractivity contribution in [3.05, 3.63) is 48.0 Å². The molecule has 0 spiro atoms. The number of hydrogen-bond donors (Lipinski definition) is 0. The zero-order chi connectivity index (χ0) is 17.9. The average molecular weight is 341 g/mol. The van der Waals surface area contributed by atoms with Gasteiger partial charge in [0.1, 0.15) is 0 Å². The fourth-order valence-corrected chi connectivity index (χ4v) is 2.92. The Hall–Kier alpha value is -1.91. The van der Waals surface area contributed by atoms with Gasteiger partial charge in [-0.25, -0.2) is 4.79 Å². The molecule has 1 atom stereocenters. The maximum Gasteiger partial charge on any atom is 0.330 e. The van der Waals surface area contributed by atoms with E-state index in [0.29, 0.717) is 13.2 Å². The summed E-state index contributed by atoms with van der Waals surface area (Å²) in [6.45, 7) is 7.59. The van der Waals surface area contributed by atoms with Crippen molar-refractivity contribution in [2.24, 2.45) is 5.41 Å². The molecule has 1 heterocycles. The van der Waals surface area contributed by atoms with Crippen LogP contribution < -0.4 is 0 Å². The molecule has 2 aromatic carbocycles. The number of rotatable bonds is 4. The Morgan fingerprint density at radius 3 is 2.68 bits per heavy atom. The monoisotopic (exact) mass is 341 g/mol. The summed E-state index contributed by atoms with van der Waals surface area (Å²) in [5.74, 6) is -0.192. The van der Waals surface area contributed by atoms with Gasteiger partial charge in [-0.3, -0.25) is 0 Å². The fourth-order valence-electron chi connectivity index (χ4n) is 2.92.